The smallest absolute Gasteiger partial charge is 0.226 e. The molecule has 9 heteroatoms. The van der Waals surface area contributed by atoms with Gasteiger partial charge in [0.1, 0.15) is 5.00 Å². The summed E-state index contributed by atoms with van der Waals surface area (Å²) in [5.74, 6) is 0.376. The second-order valence-corrected chi connectivity index (χ2v) is 12.0. The Morgan fingerprint density at radius 2 is 1.74 bits per heavy atom. The second-order valence-electron chi connectivity index (χ2n) is 6.86. The highest BCUT2D eigenvalue weighted by Gasteiger charge is 2.30. The van der Waals surface area contributed by atoms with Crippen LogP contribution in [-0.2, 0) is 19.7 Å². The van der Waals surface area contributed by atoms with Gasteiger partial charge >= 0.3 is 0 Å². The van der Waals surface area contributed by atoms with E-state index in [0.717, 1.165) is 23.3 Å². The Morgan fingerprint density at radius 3 is 2.30 bits per heavy atom. The number of hydrogen-bond acceptors (Lipinski definition) is 7. The van der Waals surface area contributed by atoms with Crippen molar-refractivity contribution in [2.24, 2.45) is 5.92 Å². The molecule has 1 aromatic carbocycles. The Kier molecular flexibility index (Phi) is 7.04. The predicted octanol–water partition coefficient (Wildman–Crippen LogP) is 3.93. The van der Waals surface area contributed by atoms with Crippen LogP contribution in [-0.4, -0.2) is 34.1 Å². The van der Waals surface area contributed by atoms with Crippen molar-refractivity contribution < 1.29 is 16.8 Å². The molecule has 1 N–H and O–H groups in total. The minimum atomic E-state index is -3.92. The number of anilines is 1. The number of benzene rings is 1. The monoisotopic (exact) mass is 430 g/mol. The van der Waals surface area contributed by atoms with E-state index in [4.69, 9.17) is 0 Å². The molecule has 0 atom stereocenters. The molecule has 0 amide bonds. The number of aryl methyl sites for hydroxylation is 1. The van der Waals surface area contributed by atoms with E-state index in [1.54, 1.807) is 19.1 Å². The molecule has 0 aliphatic heterocycles. The van der Waals surface area contributed by atoms with E-state index in [1.807, 2.05) is 6.92 Å². The first-order valence-corrected chi connectivity index (χ1v) is 12.8. The van der Waals surface area contributed by atoms with Crippen LogP contribution in [0.4, 0.5) is 5.00 Å². The van der Waals surface area contributed by atoms with Crippen molar-refractivity contribution in [3.63, 3.8) is 0 Å². The van der Waals surface area contributed by atoms with Crippen molar-refractivity contribution in [3.05, 3.63) is 29.8 Å². The van der Waals surface area contributed by atoms with Crippen molar-refractivity contribution in [1.29, 1.82) is 0 Å². The standard InChI is InChI=1S/C18H26N2O4S3/c1-5-12-26(21,22)18-20-17(16(25-18)19-11-10-13(2)3)27(23,24)15-8-6-14(4)7-9-15/h6-9,13,19H,5,10-12H2,1-4H3. The highest BCUT2D eigenvalue weighted by molar-refractivity contribution is 7.94. The average molecular weight is 431 g/mol. The largest absolute Gasteiger partial charge is 0.374 e. The number of sulfone groups is 2. The molecule has 0 radical (unpaired) electrons. The summed E-state index contributed by atoms with van der Waals surface area (Å²) in [5, 5.41) is 3.15. The van der Waals surface area contributed by atoms with E-state index < -0.39 is 19.7 Å². The third-order valence-electron chi connectivity index (χ3n) is 3.91. The van der Waals surface area contributed by atoms with Crippen molar-refractivity contribution in [1.82, 2.24) is 4.98 Å². The zero-order valence-corrected chi connectivity index (χ0v) is 18.5. The minimum Gasteiger partial charge on any atom is -0.374 e. The summed E-state index contributed by atoms with van der Waals surface area (Å²) < 4.78 is 50.8. The molecule has 2 rings (SSSR count). The van der Waals surface area contributed by atoms with E-state index in [0.29, 0.717) is 18.9 Å². The van der Waals surface area contributed by atoms with Crippen molar-refractivity contribution in [3.8, 4) is 0 Å². The Morgan fingerprint density at radius 1 is 1.11 bits per heavy atom. The van der Waals surface area contributed by atoms with Gasteiger partial charge in [0.05, 0.1) is 10.6 Å². The van der Waals surface area contributed by atoms with E-state index in [2.05, 4.69) is 24.1 Å². The Hall–Kier alpha value is -1.45. The summed E-state index contributed by atoms with van der Waals surface area (Å²) >= 11 is 0.893. The van der Waals surface area contributed by atoms with Gasteiger partial charge in [-0.1, -0.05) is 49.8 Å². The van der Waals surface area contributed by atoms with Gasteiger partial charge in [-0.25, -0.2) is 21.8 Å². The lowest BCUT2D eigenvalue weighted by Crippen LogP contribution is -2.10. The molecule has 0 aliphatic rings. The van der Waals surface area contributed by atoms with Gasteiger partial charge in [0.25, 0.3) is 0 Å². The van der Waals surface area contributed by atoms with E-state index in [1.165, 1.54) is 12.1 Å². The maximum atomic E-state index is 13.1. The Bertz CT molecular complexity index is 976. The molecule has 0 unspecified atom stereocenters. The highest BCUT2D eigenvalue weighted by atomic mass is 32.2. The molecular formula is C18H26N2O4S3. The number of rotatable bonds is 9. The van der Waals surface area contributed by atoms with Crippen LogP contribution in [0.15, 0.2) is 38.5 Å². The van der Waals surface area contributed by atoms with Gasteiger partial charge in [0.15, 0.2) is 5.03 Å². The van der Waals surface area contributed by atoms with Crippen LogP contribution >= 0.6 is 11.3 Å². The first-order chi connectivity index (χ1) is 12.6. The molecule has 6 nitrogen and oxygen atoms in total. The molecule has 150 valence electrons. The lowest BCUT2D eigenvalue weighted by atomic mass is 10.1. The third-order valence-corrected chi connectivity index (χ3v) is 9.12. The predicted molar refractivity (Wildman–Crippen MR) is 109 cm³/mol. The van der Waals surface area contributed by atoms with Crippen molar-refractivity contribution in [2.75, 3.05) is 17.6 Å². The summed E-state index contributed by atoms with van der Waals surface area (Å²) in [7, 11) is -7.52. The third kappa shape index (κ3) is 5.30. The minimum absolute atomic E-state index is 0.0596. The van der Waals surface area contributed by atoms with Crippen molar-refractivity contribution >= 4 is 36.0 Å². The van der Waals surface area contributed by atoms with Gasteiger partial charge in [-0.15, -0.1) is 0 Å². The average Bonchev–Trinajstić information content (AvgIpc) is 3.01. The van der Waals surface area contributed by atoms with Gasteiger partial charge in [-0.2, -0.15) is 0 Å². The van der Waals surface area contributed by atoms with Gasteiger partial charge in [-0.05, 0) is 37.8 Å². The maximum Gasteiger partial charge on any atom is 0.226 e. The maximum absolute atomic E-state index is 13.1. The summed E-state index contributed by atoms with van der Waals surface area (Å²) in [6.45, 7) is 8.30. The van der Waals surface area contributed by atoms with Gasteiger partial charge < -0.3 is 5.32 Å². The van der Waals surface area contributed by atoms with Gasteiger partial charge in [0.2, 0.25) is 24.0 Å². The molecule has 0 aliphatic carbocycles. The number of nitrogens with one attached hydrogen (secondary N) is 1. The molecular weight excluding hydrogens is 404 g/mol. The molecule has 27 heavy (non-hydrogen) atoms. The SMILES string of the molecule is CCCS(=O)(=O)c1nc(S(=O)(=O)c2ccc(C)cc2)c(NCCC(C)C)s1. The summed E-state index contributed by atoms with van der Waals surface area (Å²) in [5.41, 5.74) is 0.939. The molecule has 0 saturated heterocycles. The number of hydrogen-bond donors (Lipinski definition) is 1. The fourth-order valence-corrected chi connectivity index (χ4v) is 6.76. The molecule has 2 aromatic rings. The Balaban J connectivity index is 2.51. The summed E-state index contributed by atoms with van der Waals surface area (Å²) in [6.07, 6.45) is 1.27. The molecule has 0 saturated carbocycles. The molecule has 0 fully saturated rings. The lowest BCUT2D eigenvalue weighted by molar-refractivity contribution is 0.588. The molecule has 0 bridgehead atoms. The summed E-state index contributed by atoms with van der Waals surface area (Å²) in [6, 6.07) is 6.45. The first kappa shape index (κ1) is 21.8. The van der Waals surface area contributed by atoms with Crippen molar-refractivity contribution in [2.45, 2.75) is 54.8 Å². The van der Waals surface area contributed by atoms with Gasteiger partial charge in [0, 0.05) is 6.54 Å². The lowest BCUT2D eigenvalue weighted by Gasteiger charge is -2.08. The number of thiazole rings is 1. The fourth-order valence-electron chi connectivity index (χ4n) is 2.37. The van der Waals surface area contributed by atoms with Crippen LogP contribution in [0.1, 0.15) is 39.2 Å². The normalized spacial score (nSPS) is 12.5. The second kappa shape index (κ2) is 8.70. The van der Waals surface area contributed by atoms with E-state index in [-0.39, 0.29) is 25.0 Å². The fraction of sp³-hybridized carbons (Fsp3) is 0.500. The molecule has 0 spiro atoms. The topological polar surface area (TPSA) is 93.2 Å². The van der Waals surface area contributed by atoms with Crippen LogP contribution in [0, 0.1) is 12.8 Å². The van der Waals surface area contributed by atoms with Crippen LogP contribution in [0.2, 0.25) is 0 Å². The van der Waals surface area contributed by atoms with Crippen LogP contribution in [0.25, 0.3) is 0 Å². The zero-order valence-electron chi connectivity index (χ0n) is 16.0. The highest BCUT2D eigenvalue weighted by Crippen LogP contribution is 2.35. The zero-order chi connectivity index (χ0) is 20.2. The Labute approximate surface area is 165 Å². The quantitative estimate of drug-likeness (QED) is 0.648. The first-order valence-electron chi connectivity index (χ1n) is 8.87. The number of nitrogens with zero attached hydrogens (tertiary/aromatic N) is 1. The molecule has 1 aromatic heterocycles. The van der Waals surface area contributed by atoms with E-state index in [9.17, 15) is 16.8 Å². The van der Waals surface area contributed by atoms with Gasteiger partial charge in [-0.3, -0.25) is 0 Å². The van der Waals surface area contributed by atoms with Crippen LogP contribution < -0.4 is 5.32 Å². The van der Waals surface area contributed by atoms with Crippen LogP contribution in [0.5, 0.6) is 0 Å². The van der Waals surface area contributed by atoms with E-state index >= 15 is 0 Å². The van der Waals surface area contributed by atoms with Crippen LogP contribution in [0.3, 0.4) is 0 Å². The molecule has 1 heterocycles. The summed E-state index contributed by atoms with van der Waals surface area (Å²) in [4.78, 5) is 4.15. The number of aromatic nitrogens is 1.